The number of nitrogens with zero attached hydrogens (tertiary/aromatic N) is 3. The quantitative estimate of drug-likeness (QED) is 0.582. The normalized spacial score (nSPS) is 20.6. The summed E-state index contributed by atoms with van der Waals surface area (Å²) in [5, 5.41) is 6.18. The average molecular weight is 494 g/mol. The molecule has 2 saturated heterocycles. The summed E-state index contributed by atoms with van der Waals surface area (Å²) in [6, 6.07) is 11.2. The largest absolute Gasteiger partial charge is 0.433 e. The molecule has 2 aromatic rings. The Hall–Kier alpha value is -2.46. The highest BCUT2D eigenvalue weighted by atomic mass is 32.1. The van der Waals surface area contributed by atoms with Gasteiger partial charge in [-0.05, 0) is 49.4 Å². The van der Waals surface area contributed by atoms with E-state index in [1.165, 1.54) is 5.56 Å². The van der Waals surface area contributed by atoms with Gasteiger partial charge in [-0.25, -0.2) is 4.98 Å². The Morgan fingerprint density at radius 3 is 2.62 bits per heavy atom. The molecule has 0 radical (unpaired) electrons. The van der Waals surface area contributed by atoms with Gasteiger partial charge in [0.1, 0.15) is 5.82 Å². The van der Waals surface area contributed by atoms with E-state index in [9.17, 15) is 13.2 Å². The summed E-state index contributed by atoms with van der Waals surface area (Å²) >= 11 is 5.43. The van der Waals surface area contributed by atoms with Gasteiger partial charge in [-0.15, -0.1) is 0 Å². The van der Waals surface area contributed by atoms with Crippen LogP contribution >= 0.6 is 12.2 Å². The first-order valence-corrected chi connectivity index (χ1v) is 12.1. The molecule has 2 aliphatic heterocycles. The maximum absolute atomic E-state index is 13.6. The maximum Gasteiger partial charge on any atom is 0.433 e. The first-order chi connectivity index (χ1) is 16.2. The van der Waals surface area contributed by atoms with E-state index >= 15 is 0 Å². The third kappa shape index (κ3) is 5.96. The molecule has 1 unspecified atom stereocenters. The smallest absolute Gasteiger partial charge is 0.381 e. The van der Waals surface area contributed by atoms with Gasteiger partial charge in [0.15, 0.2) is 10.8 Å². The predicted octanol–water partition coefficient (Wildman–Crippen LogP) is 4.77. The topological polar surface area (TPSA) is 62.3 Å². The lowest BCUT2D eigenvalue weighted by Gasteiger charge is -2.38. The summed E-state index contributed by atoms with van der Waals surface area (Å²) < 4.78 is 46.2. The summed E-state index contributed by atoms with van der Waals surface area (Å²) in [5.74, 6) is 0.511. The van der Waals surface area contributed by atoms with Gasteiger partial charge in [0.25, 0.3) is 0 Å². The molecule has 0 amide bonds. The molecule has 184 valence electrons. The number of hydrogen-bond donors (Lipinski definition) is 2. The van der Waals surface area contributed by atoms with E-state index in [0.29, 0.717) is 38.8 Å². The molecule has 2 aliphatic rings. The van der Waals surface area contributed by atoms with Crippen LogP contribution < -0.4 is 15.5 Å². The van der Waals surface area contributed by atoms with Crippen molar-refractivity contribution in [1.82, 2.24) is 15.3 Å². The summed E-state index contributed by atoms with van der Waals surface area (Å²) in [4.78, 5) is 9.97. The first kappa shape index (κ1) is 24.7. The minimum Gasteiger partial charge on any atom is -0.381 e. The van der Waals surface area contributed by atoms with Gasteiger partial charge < -0.3 is 20.3 Å². The second-order valence-electron chi connectivity index (χ2n) is 9.19. The van der Waals surface area contributed by atoms with Crippen LogP contribution in [0.4, 0.5) is 24.9 Å². The second-order valence-corrected chi connectivity index (χ2v) is 9.60. The van der Waals surface area contributed by atoms with Crippen LogP contribution in [0.25, 0.3) is 0 Å². The van der Waals surface area contributed by atoms with Gasteiger partial charge in [-0.3, -0.25) is 0 Å². The van der Waals surface area contributed by atoms with Gasteiger partial charge in [0, 0.05) is 44.3 Å². The number of anilines is 2. The van der Waals surface area contributed by atoms with Gasteiger partial charge in [-0.2, -0.15) is 18.2 Å². The molecule has 0 bridgehead atoms. The van der Waals surface area contributed by atoms with Crippen LogP contribution in [0.2, 0.25) is 0 Å². The highest BCUT2D eigenvalue weighted by Crippen LogP contribution is 2.34. The summed E-state index contributed by atoms with van der Waals surface area (Å²) in [7, 11) is 0. The maximum atomic E-state index is 13.6. The van der Waals surface area contributed by atoms with Gasteiger partial charge >= 0.3 is 6.18 Å². The number of halogens is 3. The minimum absolute atomic E-state index is 0.152. The van der Waals surface area contributed by atoms with E-state index in [0.717, 1.165) is 31.7 Å². The minimum atomic E-state index is -4.58. The van der Waals surface area contributed by atoms with E-state index in [1.54, 1.807) is 0 Å². The molecule has 1 aromatic carbocycles. The van der Waals surface area contributed by atoms with E-state index in [1.807, 2.05) is 23.1 Å². The van der Waals surface area contributed by atoms with Crippen molar-refractivity contribution < 1.29 is 17.9 Å². The summed E-state index contributed by atoms with van der Waals surface area (Å²) in [6.45, 7) is 5.24. The Balaban J connectivity index is 1.50. The number of ether oxygens (including phenoxy) is 1. The monoisotopic (exact) mass is 493 g/mol. The lowest BCUT2D eigenvalue weighted by Crippen LogP contribution is -2.45. The van der Waals surface area contributed by atoms with E-state index in [2.05, 4.69) is 39.7 Å². The molecular formula is C24H30F3N5OS. The first-order valence-electron chi connectivity index (χ1n) is 11.6. The molecule has 3 heterocycles. The zero-order chi connectivity index (χ0) is 24.2. The fourth-order valence-corrected chi connectivity index (χ4v) is 4.88. The zero-order valence-electron chi connectivity index (χ0n) is 19.2. The van der Waals surface area contributed by atoms with Crippen LogP contribution in [0.15, 0.2) is 36.4 Å². The Labute approximate surface area is 203 Å². The van der Waals surface area contributed by atoms with Crippen molar-refractivity contribution in [2.45, 2.75) is 44.2 Å². The lowest BCUT2D eigenvalue weighted by atomic mass is 9.74. The van der Waals surface area contributed by atoms with Crippen molar-refractivity contribution in [1.29, 1.82) is 0 Å². The van der Waals surface area contributed by atoms with Crippen LogP contribution in [0.1, 0.15) is 43.9 Å². The Morgan fingerprint density at radius 2 is 1.94 bits per heavy atom. The molecule has 0 spiro atoms. The standard InChI is InChI=1S/C24H30F3N5OS/c1-17-6-5-11-32(15-17)20-14-19(24(25,26)27)29-21(30-20)31-22(34)28-16-23(9-12-33-13-10-23)18-7-3-2-4-8-18/h2-4,7-8,14,17H,5-6,9-13,15-16H2,1H3,(H2,28,29,30,31,34). The van der Waals surface area contributed by atoms with Gasteiger partial charge in [0.05, 0.1) is 0 Å². The van der Waals surface area contributed by atoms with Crippen molar-refractivity contribution in [3.63, 3.8) is 0 Å². The molecule has 4 rings (SSSR count). The van der Waals surface area contributed by atoms with Crippen molar-refractivity contribution in [2.24, 2.45) is 5.92 Å². The van der Waals surface area contributed by atoms with Crippen LogP contribution in [-0.2, 0) is 16.3 Å². The van der Waals surface area contributed by atoms with E-state index in [-0.39, 0.29) is 22.3 Å². The van der Waals surface area contributed by atoms with Crippen LogP contribution in [0.5, 0.6) is 0 Å². The third-order valence-corrected chi connectivity index (χ3v) is 6.88. The molecule has 2 N–H and O–H groups in total. The SMILES string of the molecule is CC1CCCN(c2cc(C(F)(F)F)nc(NC(=S)NCC3(c4ccccc4)CCOCC3)n2)C1. The van der Waals surface area contributed by atoms with Crippen LogP contribution in [-0.4, -0.2) is 47.9 Å². The van der Waals surface area contributed by atoms with Crippen molar-refractivity contribution in [3.05, 3.63) is 47.7 Å². The number of alkyl halides is 3. The highest BCUT2D eigenvalue weighted by molar-refractivity contribution is 7.80. The number of benzene rings is 1. The molecule has 2 fully saturated rings. The molecule has 6 nitrogen and oxygen atoms in total. The number of piperidine rings is 1. The van der Waals surface area contributed by atoms with Crippen molar-refractivity contribution in [3.8, 4) is 0 Å². The molecule has 0 saturated carbocycles. The van der Waals surface area contributed by atoms with E-state index in [4.69, 9.17) is 17.0 Å². The molecule has 10 heteroatoms. The lowest BCUT2D eigenvalue weighted by molar-refractivity contribution is -0.141. The van der Waals surface area contributed by atoms with Crippen molar-refractivity contribution >= 4 is 29.1 Å². The third-order valence-electron chi connectivity index (χ3n) is 6.63. The zero-order valence-corrected chi connectivity index (χ0v) is 20.0. The second kappa shape index (κ2) is 10.4. The Morgan fingerprint density at radius 1 is 1.21 bits per heavy atom. The van der Waals surface area contributed by atoms with Gasteiger partial charge in [-0.1, -0.05) is 37.3 Å². The van der Waals surface area contributed by atoms with Crippen LogP contribution in [0.3, 0.4) is 0 Å². The van der Waals surface area contributed by atoms with Gasteiger partial charge in [0.2, 0.25) is 5.95 Å². The fraction of sp³-hybridized carbons (Fsp3) is 0.542. The van der Waals surface area contributed by atoms with Crippen molar-refractivity contribution in [2.75, 3.05) is 43.1 Å². The fourth-order valence-electron chi connectivity index (χ4n) is 4.71. The average Bonchev–Trinajstić information content (AvgIpc) is 2.83. The number of nitrogens with one attached hydrogen (secondary N) is 2. The molecule has 1 aromatic heterocycles. The molecular weight excluding hydrogens is 463 g/mol. The number of thiocarbonyl (C=S) groups is 1. The Bertz CT molecular complexity index is 982. The number of hydrogen-bond acceptors (Lipinski definition) is 5. The molecule has 1 atom stereocenters. The number of rotatable bonds is 5. The predicted molar refractivity (Wildman–Crippen MR) is 130 cm³/mol. The highest BCUT2D eigenvalue weighted by Gasteiger charge is 2.36. The summed E-state index contributed by atoms with van der Waals surface area (Å²) in [5.41, 5.74) is 0.0336. The number of aromatic nitrogens is 2. The summed E-state index contributed by atoms with van der Waals surface area (Å²) in [6.07, 6.45) is -0.959. The molecule has 0 aliphatic carbocycles. The Kier molecular flexibility index (Phi) is 7.57. The van der Waals surface area contributed by atoms with E-state index < -0.39 is 11.9 Å². The van der Waals surface area contributed by atoms with Crippen LogP contribution in [0, 0.1) is 5.92 Å². The molecule has 34 heavy (non-hydrogen) atoms.